The van der Waals surface area contributed by atoms with Crippen molar-refractivity contribution in [1.82, 2.24) is 39.9 Å². The molecule has 5 rings (SSSR count). The standard InChI is InChI=1S/C21H23N9/c1-5-16-21-28-26-13(4)30(21)17-11-23-19(25-20(17)29(16)12(2)3)14-10-24-27-18(14)15-8-6-7-9-22-15/h6-12,16H,5H2,1-4H3,(H,24,27). The minimum Gasteiger partial charge on any atom is -0.342 e. The number of anilines is 1. The lowest BCUT2D eigenvalue weighted by molar-refractivity contribution is 0.496. The first-order valence-corrected chi connectivity index (χ1v) is 10.1. The fraction of sp³-hybridized carbons (Fsp3) is 0.333. The zero-order valence-electron chi connectivity index (χ0n) is 17.4. The Morgan fingerprint density at radius 2 is 2.00 bits per heavy atom. The number of nitrogens with zero attached hydrogens (tertiary/aromatic N) is 8. The van der Waals surface area contributed by atoms with Gasteiger partial charge in [-0.05, 0) is 39.3 Å². The van der Waals surface area contributed by atoms with Crippen LogP contribution in [0.25, 0.3) is 28.5 Å². The zero-order chi connectivity index (χ0) is 20.8. The molecule has 0 spiro atoms. The van der Waals surface area contributed by atoms with E-state index in [4.69, 9.17) is 4.98 Å². The van der Waals surface area contributed by atoms with E-state index in [0.717, 1.165) is 46.5 Å². The first kappa shape index (κ1) is 18.4. The number of nitrogens with one attached hydrogen (secondary N) is 1. The van der Waals surface area contributed by atoms with Crippen LogP contribution in [0.15, 0.2) is 36.8 Å². The molecule has 0 aliphatic carbocycles. The normalized spacial score (nSPS) is 15.4. The van der Waals surface area contributed by atoms with Gasteiger partial charge in [0.15, 0.2) is 17.5 Å². The van der Waals surface area contributed by atoms with Crippen LogP contribution in [0, 0.1) is 6.92 Å². The van der Waals surface area contributed by atoms with Gasteiger partial charge in [0.1, 0.15) is 11.5 Å². The van der Waals surface area contributed by atoms with E-state index in [1.165, 1.54) is 0 Å². The molecule has 4 aromatic rings. The van der Waals surface area contributed by atoms with Crippen molar-refractivity contribution in [2.45, 2.75) is 46.2 Å². The Morgan fingerprint density at radius 3 is 2.73 bits per heavy atom. The van der Waals surface area contributed by atoms with E-state index in [9.17, 15) is 0 Å². The zero-order valence-corrected chi connectivity index (χ0v) is 17.4. The number of aromatic amines is 1. The van der Waals surface area contributed by atoms with Crippen LogP contribution in [-0.2, 0) is 0 Å². The lowest BCUT2D eigenvalue weighted by Crippen LogP contribution is -2.40. The number of rotatable bonds is 4. The number of pyridine rings is 1. The molecule has 4 aromatic heterocycles. The molecular weight excluding hydrogens is 378 g/mol. The van der Waals surface area contributed by atoms with Crippen LogP contribution in [0.1, 0.15) is 44.9 Å². The van der Waals surface area contributed by atoms with Gasteiger partial charge >= 0.3 is 0 Å². The SMILES string of the molecule is CCC1c2nnc(C)n2-c2cnc(-c3cn[nH]c3-c3ccccn3)nc2N1C(C)C. The minimum atomic E-state index is 0.0982. The number of aryl methyl sites for hydroxylation is 1. The fourth-order valence-electron chi connectivity index (χ4n) is 4.15. The van der Waals surface area contributed by atoms with Gasteiger partial charge in [-0.2, -0.15) is 5.10 Å². The predicted molar refractivity (Wildman–Crippen MR) is 113 cm³/mol. The van der Waals surface area contributed by atoms with Crippen molar-refractivity contribution in [3.05, 3.63) is 48.4 Å². The summed E-state index contributed by atoms with van der Waals surface area (Å²) in [6.45, 7) is 8.46. The van der Waals surface area contributed by atoms with Crippen LogP contribution >= 0.6 is 0 Å². The molecule has 0 bridgehead atoms. The molecule has 152 valence electrons. The van der Waals surface area contributed by atoms with Gasteiger partial charge in [-0.25, -0.2) is 9.97 Å². The summed E-state index contributed by atoms with van der Waals surface area (Å²) >= 11 is 0. The van der Waals surface area contributed by atoms with Crippen molar-refractivity contribution in [2.75, 3.05) is 4.90 Å². The van der Waals surface area contributed by atoms with E-state index >= 15 is 0 Å². The Balaban J connectivity index is 1.70. The second-order valence-electron chi connectivity index (χ2n) is 7.64. The Morgan fingerprint density at radius 1 is 1.13 bits per heavy atom. The minimum absolute atomic E-state index is 0.0982. The summed E-state index contributed by atoms with van der Waals surface area (Å²) in [5, 5.41) is 16.1. The van der Waals surface area contributed by atoms with Gasteiger partial charge in [-0.3, -0.25) is 14.6 Å². The fourth-order valence-corrected chi connectivity index (χ4v) is 4.15. The van der Waals surface area contributed by atoms with Crippen molar-refractivity contribution in [2.24, 2.45) is 0 Å². The molecule has 0 saturated heterocycles. The van der Waals surface area contributed by atoms with E-state index in [1.807, 2.05) is 31.3 Å². The maximum atomic E-state index is 5.01. The van der Waals surface area contributed by atoms with Crippen molar-refractivity contribution in [3.63, 3.8) is 0 Å². The highest BCUT2D eigenvalue weighted by Gasteiger charge is 2.36. The van der Waals surface area contributed by atoms with Crippen LogP contribution in [0.5, 0.6) is 0 Å². The summed E-state index contributed by atoms with van der Waals surface area (Å²) in [5.41, 5.74) is 3.32. The van der Waals surface area contributed by atoms with Crippen molar-refractivity contribution in [1.29, 1.82) is 0 Å². The first-order chi connectivity index (χ1) is 14.6. The summed E-state index contributed by atoms with van der Waals surface area (Å²) in [7, 11) is 0. The van der Waals surface area contributed by atoms with Crippen LogP contribution in [0.4, 0.5) is 5.82 Å². The van der Waals surface area contributed by atoms with E-state index in [1.54, 1.807) is 12.4 Å². The summed E-state index contributed by atoms with van der Waals surface area (Å²) in [6.07, 6.45) is 6.27. The van der Waals surface area contributed by atoms with Gasteiger partial charge < -0.3 is 4.90 Å². The van der Waals surface area contributed by atoms with Gasteiger partial charge in [-0.1, -0.05) is 13.0 Å². The molecule has 0 amide bonds. The second kappa shape index (κ2) is 7.01. The first-order valence-electron chi connectivity index (χ1n) is 10.1. The number of hydrogen-bond acceptors (Lipinski definition) is 7. The highest BCUT2D eigenvalue weighted by molar-refractivity contribution is 5.76. The molecule has 30 heavy (non-hydrogen) atoms. The summed E-state index contributed by atoms with van der Waals surface area (Å²) in [4.78, 5) is 16.4. The molecule has 0 fully saturated rings. The number of aromatic nitrogens is 8. The lowest BCUT2D eigenvalue weighted by Gasteiger charge is -2.39. The van der Waals surface area contributed by atoms with Gasteiger partial charge in [-0.15, -0.1) is 10.2 Å². The second-order valence-corrected chi connectivity index (χ2v) is 7.64. The summed E-state index contributed by atoms with van der Waals surface area (Å²) < 4.78 is 2.07. The third kappa shape index (κ3) is 2.69. The average Bonchev–Trinajstić information content (AvgIpc) is 3.40. The summed E-state index contributed by atoms with van der Waals surface area (Å²) in [5.74, 6) is 3.26. The van der Waals surface area contributed by atoms with Gasteiger partial charge in [0.25, 0.3) is 0 Å². The van der Waals surface area contributed by atoms with E-state index in [0.29, 0.717) is 5.82 Å². The van der Waals surface area contributed by atoms with E-state index in [2.05, 4.69) is 60.6 Å². The molecular formula is C21H23N9. The van der Waals surface area contributed by atoms with Crippen LogP contribution in [-0.4, -0.2) is 46.0 Å². The lowest BCUT2D eigenvalue weighted by atomic mass is 10.1. The number of hydrogen-bond donors (Lipinski definition) is 1. The molecule has 9 heteroatoms. The smallest absolute Gasteiger partial charge is 0.165 e. The highest BCUT2D eigenvalue weighted by atomic mass is 15.4. The third-order valence-electron chi connectivity index (χ3n) is 5.46. The Bertz CT molecular complexity index is 1190. The van der Waals surface area contributed by atoms with Crippen LogP contribution < -0.4 is 4.90 Å². The molecule has 0 radical (unpaired) electrons. The highest BCUT2D eigenvalue weighted by Crippen LogP contribution is 2.41. The Labute approximate surface area is 174 Å². The Kier molecular flexibility index (Phi) is 4.30. The van der Waals surface area contributed by atoms with Crippen LogP contribution in [0.3, 0.4) is 0 Å². The van der Waals surface area contributed by atoms with Crippen molar-refractivity contribution < 1.29 is 0 Å². The molecule has 1 unspecified atom stereocenters. The maximum Gasteiger partial charge on any atom is 0.165 e. The molecule has 0 saturated carbocycles. The van der Waals surface area contributed by atoms with Crippen molar-refractivity contribution >= 4 is 5.82 Å². The molecule has 1 N–H and O–H groups in total. The molecule has 9 nitrogen and oxygen atoms in total. The van der Waals surface area contributed by atoms with Gasteiger partial charge in [0, 0.05) is 12.2 Å². The van der Waals surface area contributed by atoms with E-state index < -0.39 is 0 Å². The third-order valence-corrected chi connectivity index (χ3v) is 5.46. The molecule has 0 aromatic carbocycles. The molecule has 1 aliphatic rings. The van der Waals surface area contributed by atoms with Gasteiger partial charge in [0.2, 0.25) is 0 Å². The Hall–Kier alpha value is -3.62. The number of fused-ring (bicyclic) bond motifs is 3. The molecule has 1 atom stereocenters. The monoisotopic (exact) mass is 401 g/mol. The predicted octanol–water partition coefficient (Wildman–Crippen LogP) is 3.50. The quantitative estimate of drug-likeness (QED) is 0.558. The summed E-state index contributed by atoms with van der Waals surface area (Å²) in [6, 6.07) is 6.11. The maximum absolute atomic E-state index is 5.01. The number of H-pyrrole nitrogens is 1. The molecule has 1 aliphatic heterocycles. The topological polar surface area (TPSA) is 101 Å². The largest absolute Gasteiger partial charge is 0.342 e. The van der Waals surface area contributed by atoms with Gasteiger partial charge in [0.05, 0.1) is 35.4 Å². The molecule has 5 heterocycles. The van der Waals surface area contributed by atoms with Crippen molar-refractivity contribution in [3.8, 4) is 28.5 Å². The average molecular weight is 401 g/mol. The van der Waals surface area contributed by atoms with E-state index in [-0.39, 0.29) is 12.1 Å². The van der Waals surface area contributed by atoms with Crippen LogP contribution in [0.2, 0.25) is 0 Å².